The summed E-state index contributed by atoms with van der Waals surface area (Å²) in [5.41, 5.74) is -0.764. The lowest BCUT2D eigenvalue weighted by Gasteiger charge is -2.18. The number of aliphatic carboxylic acids is 1. The molecule has 7 heteroatoms. The number of hydrogen-bond acceptors (Lipinski definition) is 2. The predicted octanol–water partition coefficient (Wildman–Crippen LogP) is 2.79. The molecule has 0 saturated carbocycles. The average molecular weight is 303 g/mol. The molecule has 0 spiro atoms. The maximum Gasteiger partial charge on any atom is 0.416 e. The minimum Gasteiger partial charge on any atom is -0.480 e. The zero-order valence-corrected chi connectivity index (χ0v) is 11.6. The highest BCUT2D eigenvalue weighted by atomic mass is 19.4. The van der Waals surface area contributed by atoms with Crippen molar-refractivity contribution in [2.45, 2.75) is 38.4 Å². The van der Waals surface area contributed by atoms with Gasteiger partial charge in [0.05, 0.1) is 5.56 Å². The van der Waals surface area contributed by atoms with E-state index in [0.29, 0.717) is 0 Å². The summed E-state index contributed by atoms with van der Waals surface area (Å²) >= 11 is 0. The molecule has 0 aliphatic rings. The quantitative estimate of drug-likeness (QED) is 0.879. The summed E-state index contributed by atoms with van der Waals surface area (Å²) in [4.78, 5) is 22.3. The molecule has 2 atom stereocenters. The lowest BCUT2D eigenvalue weighted by Crippen LogP contribution is -2.38. The summed E-state index contributed by atoms with van der Waals surface area (Å²) in [5, 5.41) is 10.9. The molecule has 0 fully saturated rings. The van der Waals surface area contributed by atoms with Crippen LogP contribution in [0.25, 0.3) is 0 Å². The summed E-state index contributed by atoms with van der Waals surface area (Å²) < 4.78 is 38.7. The summed E-state index contributed by atoms with van der Waals surface area (Å²) in [5.74, 6) is -2.48. The molecule has 0 aliphatic carbocycles. The Kier molecular flexibility index (Phi) is 5.34. The molecule has 0 saturated heterocycles. The van der Waals surface area contributed by atoms with Crippen molar-refractivity contribution in [1.82, 2.24) is 5.32 Å². The molecule has 1 rings (SSSR count). The van der Waals surface area contributed by atoms with E-state index in [2.05, 4.69) is 5.32 Å². The number of carbonyl (C=O) groups excluding carboxylic acids is 1. The van der Waals surface area contributed by atoms with Gasteiger partial charge in [0.15, 0.2) is 0 Å². The fourth-order valence-corrected chi connectivity index (χ4v) is 1.94. The first-order valence-electron chi connectivity index (χ1n) is 6.31. The van der Waals surface area contributed by atoms with Gasteiger partial charge in [0, 0.05) is 6.42 Å². The maximum atomic E-state index is 12.9. The van der Waals surface area contributed by atoms with Gasteiger partial charge < -0.3 is 10.4 Å². The van der Waals surface area contributed by atoms with Crippen LogP contribution in [0.1, 0.15) is 37.3 Å². The van der Waals surface area contributed by atoms with Crippen molar-refractivity contribution < 1.29 is 27.9 Å². The number of hydrogen-bond donors (Lipinski definition) is 2. The molecule has 0 radical (unpaired) electrons. The SMILES string of the molecule is CC(NC(=O)CC(C)c1ccccc1C(F)(F)F)C(=O)O. The van der Waals surface area contributed by atoms with Gasteiger partial charge in [-0.05, 0) is 24.5 Å². The summed E-state index contributed by atoms with van der Waals surface area (Å²) in [7, 11) is 0. The predicted molar refractivity (Wildman–Crippen MR) is 69.7 cm³/mol. The van der Waals surface area contributed by atoms with Gasteiger partial charge in [0.25, 0.3) is 0 Å². The number of carbonyl (C=O) groups is 2. The van der Waals surface area contributed by atoms with Crippen LogP contribution in [0.5, 0.6) is 0 Å². The number of benzene rings is 1. The molecule has 0 aliphatic heterocycles. The first-order chi connectivity index (χ1) is 9.62. The number of carboxylic acid groups (broad SMARTS) is 1. The van der Waals surface area contributed by atoms with Crippen molar-refractivity contribution in [3.63, 3.8) is 0 Å². The molecule has 1 amide bonds. The minimum absolute atomic E-state index is 0.0168. The van der Waals surface area contributed by atoms with Crippen molar-refractivity contribution in [3.05, 3.63) is 35.4 Å². The van der Waals surface area contributed by atoms with Crippen LogP contribution in [-0.4, -0.2) is 23.0 Å². The Morgan fingerprint density at radius 3 is 2.33 bits per heavy atom. The molecular formula is C14H16F3NO3. The van der Waals surface area contributed by atoms with E-state index in [1.165, 1.54) is 32.0 Å². The number of amides is 1. The molecule has 2 N–H and O–H groups in total. The zero-order valence-electron chi connectivity index (χ0n) is 11.6. The number of rotatable bonds is 5. The average Bonchev–Trinajstić information content (AvgIpc) is 2.37. The third-order valence-corrected chi connectivity index (χ3v) is 3.04. The third-order valence-electron chi connectivity index (χ3n) is 3.04. The second-order valence-corrected chi connectivity index (χ2v) is 4.82. The fraction of sp³-hybridized carbons (Fsp3) is 0.429. The summed E-state index contributed by atoms with van der Waals surface area (Å²) in [6.07, 6.45) is -4.71. The Labute approximate surface area is 120 Å². The van der Waals surface area contributed by atoms with Crippen LogP contribution in [0.2, 0.25) is 0 Å². The molecule has 4 nitrogen and oxygen atoms in total. The third kappa shape index (κ3) is 4.77. The van der Waals surface area contributed by atoms with Crippen LogP contribution in [0.3, 0.4) is 0 Å². The zero-order chi connectivity index (χ0) is 16.2. The first-order valence-corrected chi connectivity index (χ1v) is 6.31. The van der Waals surface area contributed by atoms with E-state index in [9.17, 15) is 22.8 Å². The molecule has 1 aromatic rings. The van der Waals surface area contributed by atoms with Gasteiger partial charge >= 0.3 is 12.1 Å². The van der Waals surface area contributed by atoms with E-state index in [1.54, 1.807) is 0 Å². The Balaban J connectivity index is 2.83. The highest BCUT2D eigenvalue weighted by Crippen LogP contribution is 2.35. The van der Waals surface area contributed by atoms with Crippen molar-refractivity contribution in [2.24, 2.45) is 0 Å². The number of carboxylic acids is 1. The highest BCUT2D eigenvalue weighted by molar-refractivity contribution is 5.83. The van der Waals surface area contributed by atoms with Gasteiger partial charge in [-0.3, -0.25) is 9.59 Å². The monoisotopic (exact) mass is 303 g/mol. The highest BCUT2D eigenvalue weighted by Gasteiger charge is 2.34. The van der Waals surface area contributed by atoms with E-state index in [4.69, 9.17) is 5.11 Å². The van der Waals surface area contributed by atoms with Gasteiger partial charge in [-0.1, -0.05) is 25.1 Å². The van der Waals surface area contributed by atoms with Gasteiger partial charge in [-0.25, -0.2) is 0 Å². The van der Waals surface area contributed by atoms with Crippen molar-refractivity contribution >= 4 is 11.9 Å². The van der Waals surface area contributed by atoms with Crippen molar-refractivity contribution in [1.29, 1.82) is 0 Å². The van der Waals surface area contributed by atoms with E-state index in [0.717, 1.165) is 6.07 Å². The molecule has 1 aromatic carbocycles. The van der Waals surface area contributed by atoms with Crippen molar-refractivity contribution in [2.75, 3.05) is 0 Å². The molecule has 21 heavy (non-hydrogen) atoms. The summed E-state index contributed by atoms with van der Waals surface area (Å²) in [6.45, 7) is 2.78. The fourth-order valence-electron chi connectivity index (χ4n) is 1.94. The lowest BCUT2D eigenvalue weighted by molar-refractivity contribution is -0.141. The molecular weight excluding hydrogens is 287 g/mol. The number of nitrogens with one attached hydrogen (secondary N) is 1. The van der Waals surface area contributed by atoms with Crippen LogP contribution in [0, 0.1) is 0 Å². The molecule has 116 valence electrons. The van der Waals surface area contributed by atoms with Crippen LogP contribution >= 0.6 is 0 Å². The van der Waals surface area contributed by atoms with Crippen molar-refractivity contribution in [3.8, 4) is 0 Å². The Hall–Kier alpha value is -2.05. The second kappa shape index (κ2) is 6.60. The number of halogens is 3. The van der Waals surface area contributed by atoms with Crippen LogP contribution in [0.15, 0.2) is 24.3 Å². The molecule has 0 heterocycles. The topological polar surface area (TPSA) is 66.4 Å². The van der Waals surface area contributed by atoms with Gasteiger partial charge in [0.2, 0.25) is 5.91 Å². The Bertz CT molecular complexity index is 528. The first kappa shape index (κ1) is 17.0. The lowest BCUT2D eigenvalue weighted by atomic mass is 9.92. The van der Waals surface area contributed by atoms with Gasteiger partial charge in [0.1, 0.15) is 6.04 Å². The van der Waals surface area contributed by atoms with E-state index in [-0.39, 0.29) is 12.0 Å². The van der Waals surface area contributed by atoms with Crippen LogP contribution < -0.4 is 5.32 Å². The Morgan fingerprint density at radius 1 is 1.24 bits per heavy atom. The van der Waals surface area contributed by atoms with E-state index in [1.807, 2.05) is 0 Å². The number of alkyl halides is 3. The van der Waals surface area contributed by atoms with E-state index < -0.39 is 35.6 Å². The second-order valence-electron chi connectivity index (χ2n) is 4.82. The normalized spacial score (nSPS) is 14.3. The molecule has 0 bridgehead atoms. The largest absolute Gasteiger partial charge is 0.480 e. The van der Waals surface area contributed by atoms with Crippen LogP contribution in [0.4, 0.5) is 13.2 Å². The standard InChI is InChI=1S/C14H16F3NO3/c1-8(7-12(19)18-9(2)13(20)21)10-5-3-4-6-11(10)14(15,16)17/h3-6,8-9H,7H2,1-2H3,(H,18,19)(H,20,21). The molecule has 0 aromatic heterocycles. The maximum absolute atomic E-state index is 12.9. The Morgan fingerprint density at radius 2 is 1.81 bits per heavy atom. The van der Waals surface area contributed by atoms with Gasteiger partial charge in [-0.2, -0.15) is 13.2 Å². The smallest absolute Gasteiger partial charge is 0.416 e. The molecule has 2 unspecified atom stereocenters. The van der Waals surface area contributed by atoms with Gasteiger partial charge in [-0.15, -0.1) is 0 Å². The minimum atomic E-state index is -4.49. The van der Waals surface area contributed by atoms with E-state index >= 15 is 0 Å². The van der Waals surface area contributed by atoms with Crippen LogP contribution in [-0.2, 0) is 15.8 Å². The summed E-state index contributed by atoms with van der Waals surface area (Å²) in [6, 6.07) is 3.96.